The van der Waals surface area contributed by atoms with Crippen LogP contribution in [-0.4, -0.2) is 121 Å². The summed E-state index contributed by atoms with van der Waals surface area (Å²) in [5.74, 6) is -0.700. The molecule has 3 rings (SSSR count). The maximum absolute atomic E-state index is 12.9. The third-order valence-corrected chi connectivity index (χ3v) is 7.93. The molecule has 0 radical (unpaired) electrons. The van der Waals surface area contributed by atoms with Crippen molar-refractivity contribution in [2.24, 2.45) is 0 Å². The highest BCUT2D eigenvalue weighted by atomic mass is 31.3. The summed E-state index contributed by atoms with van der Waals surface area (Å²) < 4.78 is 44.5. The van der Waals surface area contributed by atoms with Crippen LogP contribution in [0.25, 0.3) is 11.2 Å². The van der Waals surface area contributed by atoms with Gasteiger partial charge in [-0.3, -0.25) is 13.6 Å². The fraction of sp³-hybridized carbons (Fsp3) is 0.625. The highest BCUT2D eigenvalue weighted by Gasteiger charge is 2.47. The standard InChI is InChI=1S/C16H24N4O16P2/c1-5(9(23)10(24)6(22)2-21)35-38(32,36-37(29,30)31)33-3-7-11(25)12(26)15(34-7)20-4-17-8-13(20)18-16(28)19-14(8)27/h2,4-7,9-12,15,22-26H,3H2,1H3,(H2,29,30,31)(H2,18,19,27,28)/t5-,6+,7-,9+,10-,11-,12-,15-,38?/m1/s1. The van der Waals surface area contributed by atoms with Gasteiger partial charge in [0.2, 0.25) is 5.88 Å². The normalized spacial score (nSPS) is 27.1. The van der Waals surface area contributed by atoms with Crippen LogP contribution < -0.4 is 0 Å². The van der Waals surface area contributed by atoms with E-state index >= 15 is 0 Å². The van der Waals surface area contributed by atoms with Crippen molar-refractivity contribution in [3.05, 3.63) is 6.33 Å². The van der Waals surface area contributed by atoms with Gasteiger partial charge in [-0.2, -0.15) is 14.3 Å². The molecule has 22 heteroatoms. The average molecular weight is 590 g/mol. The molecule has 214 valence electrons. The smallest absolute Gasteiger partial charge is 0.484 e. The number of ether oxygens (including phenoxy) is 1. The molecule has 9 N–H and O–H groups in total. The first-order valence-corrected chi connectivity index (χ1v) is 13.4. The van der Waals surface area contributed by atoms with Crippen molar-refractivity contribution >= 4 is 33.1 Å². The Morgan fingerprint density at radius 2 is 1.79 bits per heavy atom. The molecule has 38 heavy (non-hydrogen) atoms. The minimum Gasteiger partial charge on any atom is -0.492 e. The number of aldehydes is 1. The number of imidazole rings is 1. The van der Waals surface area contributed by atoms with E-state index in [1.165, 1.54) is 0 Å². The first-order valence-electron chi connectivity index (χ1n) is 10.4. The van der Waals surface area contributed by atoms with E-state index in [0.29, 0.717) is 0 Å². The molecule has 1 fully saturated rings. The first-order chi connectivity index (χ1) is 17.6. The van der Waals surface area contributed by atoms with Gasteiger partial charge in [-0.25, -0.2) is 14.1 Å². The predicted octanol–water partition coefficient (Wildman–Crippen LogP) is -3.22. The van der Waals surface area contributed by atoms with Crippen LogP contribution in [0.5, 0.6) is 11.9 Å². The summed E-state index contributed by atoms with van der Waals surface area (Å²) in [6.07, 6.45) is -13.9. The van der Waals surface area contributed by atoms with Crippen LogP contribution in [0.3, 0.4) is 0 Å². The van der Waals surface area contributed by atoms with Gasteiger partial charge >= 0.3 is 21.7 Å². The van der Waals surface area contributed by atoms with E-state index in [4.69, 9.17) is 23.6 Å². The van der Waals surface area contributed by atoms with Crippen molar-refractivity contribution in [1.29, 1.82) is 0 Å². The third kappa shape index (κ3) is 6.69. The molecule has 0 bridgehead atoms. The van der Waals surface area contributed by atoms with E-state index in [1.807, 2.05) is 0 Å². The Kier molecular flexibility index (Phi) is 9.21. The number of aromatic nitrogens is 4. The second-order valence-electron chi connectivity index (χ2n) is 7.95. The number of hydrogen-bond acceptors (Lipinski definition) is 17. The summed E-state index contributed by atoms with van der Waals surface area (Å²) in [7, 11) is -10.9. The number of phosphoric acid groups is 2. The maximum Gasteiger partial charge on any atom is 0.484 e. The molecule has 1 aliphatic rings. The molecule has 9 atom stereocenters. The largest absolute Gasteiger partial charge is 0.492 e. The first kappa shape index (κ1) is 30.4. The van der Waals surface area contributed by atoms with E-state index in [2.05, 4.69) is 19.3 Å². The lowest BCUT2D eigenvalue weighted by Gasteiger charge is -2.28. The van der Waals surface area contributed by atoms with Gasteiger partial charge in [0.25, 0.3) is 0 Å². The van der Waals surface area contributed by atoms with Gasteiger partial charge in [0.15, 0.2) is 23.7 Å². The van der Waals surface area contributed by atoms with Gasteiger partial charge in [0, 0.05) is 0 Å². The van der Waals surface area contributed by atoms with Crippen LogP contribution in [0.15, 0.2) is 6.33 Å². The molecule has 1 aliphatic heterocycles. The lowest BCUT2D eigenvalue weighted by atomic mass is 10.1. The number of phosphoric ester groups is 1. The quantitative estimate of drug-likeness (QED) is 0.0866. The van der Waals surface area contributed by atoms with Crippen molar-refractivity contribution in [2.75, 3.05) is 6.61 Å². The van der Waals surface area contributed by atoms with Gasteiger partial charge < -0.3 is 55.1 Å². The molecule has 0 aliphatic carbocycles. The number of carbonyl (C=O) groups excluding carboxylic acids is 1. The molecule has 0 amide bonds. The van der Waals surface area contributed by atoms with Crippen molar-refractivity contribution < 1.29 is 77.6 Å². The van der Waals surface area contributed by atoms with E-state index in [0.717, 1.165) is 17.8 Å². The maximum atomic E-state index is 12.9. The number of nitrogens with zero attached hydrogens (tertiary/aromatic N) is 4. The van der Waals surface area contributed by atoms with Crippen LogP contribution >= 0.6 is 15.6 Å². The molecule has 0 aromatic carbocycles. The molecular formula is C16H24N4O16P2. The van der Waals surface area contributed by atoms with Gasteiger partial charge in [-0.15, -0.1) is 0 Å². The minimum atomic E-state index is -5.59. The van der Waals surface area contributed by atoms with Crippen molar-refractivity contribution in [1.82, 2.24) is 19.5 Å². The summed E-state index contributed by atoms with van der Waals surface area (Å²) in [5.41, 5.74) is -0.416. The van der Waals surface area contributed by atoms with Crippen molar-refractivity contribution in [3.63, 3.8) is 0 Å². The highest BCUT2D eigenvalue weighted by molar-refractivity contribution is 7.61. The Morgan fingerprint density at radius 1 is 1.13 bits per heavy atom. The fourth-order valence-corrected chi connectivity index (χ4v) is 5.67. The van der Waals surface area contributed by atoms with Crippen LogP contribution in [0.1, 0.15) is 13.2 Å². The molecule has 0 saturated carbocycles. The molecule has 2 aromatic heterocycles. The molecular weight excluding hydrogens is 566 g/mol. The summed E-state index contributed by atoms with van der Waals surface area (Å²) in [6.45, 7) is -0.0750. The van der Waals surface area contributed by atoms with Crippen molar-refractivity contribution in [3.8, 4) is 11.9 Å². The topological polar surface area (TPSA) is 314 Å². The van der Waals surface area contributed by atoms with Crippen LogP contribution in [-0.2, 0) is 32.0 Å². The van der Waals surface area contributed by atoms with Crippen LogP contribution in [0, 0.1) is 0 Å². The predicted molar refractivity (Wildman–Crippen MR) is 116 cm³/mol. The number of aromatic hydroxyl groups is 2. The number of fused-ring (bicyclic) bond motifs is 1. The molecule has 20 nitrogen and oxygen atoms in total. The minimum absolute atomic E-state index is 0.123. The fourth-order valence-electron chi connectivity index (χ4n) is 3.37. The van der Waals surface area contributed by atoms with Gasteiger partial charge in [0.1, 0.15) is 36.6 Å². The second kappa shape index (κ2) is 11.5. The Bertz CT molecular complexity index is 1240. The Balaban J connectivity index is 1.77. The van der Waals surface area contributed by atoms with E-state index in [-0.39, 0.29) is 17.5 Å². The van der Waals surface area contributed by atoms with Crippen LogP contribution in [0.2, 0.25) is 0 Å². The summed E-state index contributed by atoms with van der Waals surface area (Å²) in [6, 6.07) is -0.848. The van der Waals surface area contributed by atoms with E-state index in [9.17, 15) is 49.7 Å². The van der Waals surface area contributed by atoms with Crippen molar-refractivity contribution in [2.45, 2.75) is 55.9 Å². The Hall–Kier alpha value is -2.16. The second-order valence-corrected chi connectivity index (χ2v) is 10.9. The molecule has 1 saturated heterocycles. The SMILES string of the molecule is C[C@@H](OP(=O)(OC[C@H]1O[C@@H](n2cnc3c(O)nc(O)nc32)[C@H](O)[C@@H]1O)OP(=O)(O)O)[C@H](O)[C@H](O)[C@@H](O)C=O. The molecule has 3 heterocycles. The lowest BCUT2D eigenvalue weighted by Crippen LogP contribution is -2.44. The average Bonchev–Trinajstić information content (AvgIpc) is 3.35. The van der Waals surface area contributed by atoms with Gasteiger partial charge in [-0.05, 0) is 6.92 Å². The van der Waals surface area contributed by atoms with Gasteiger partial charge in [-0.1, -0.05) is 0 Å². The third-order valence-electron chi connectivity index (χ3n) is 5.22. The summed E-state index contributed by atoms with van der Waals surface area (Å²) >= 11 is 0. The number of aliphatic hydroxyl groups is 5. The molecule has 2 aromatic rings. The number of carbonyl (C=O) groups is 1. The van der Waals surface area contributed by atoms with E-state index < -0.39 is 83.1 Å². The summed E-state index contributed by atoms with van der Waals surface area (Å²) in [4.78, 5) is 39.6. The van der Waals surface area contributed by atoms with Gasteiger partial charge in [0.05, 0.1) is 19.0 Å². The zero-order valence-corrected chi connectivity index (χ0v) is 20.8. The highest BCUT2D eigenvalue weighted by Crippen LogP contribution is 2.62. The monoisotopic (exact) mass is 590 g/mol. The lowest BCUT2D eigenvalue weighted by molar-refractivity contribution is -0.132. The summed E-state index contributed by atoms with van der Waals surface area (Å²) in [5, 5.41) is 69.2. The molecule has 0 spiro atoms. The van der Waals surface area contributed by atoms with Crippen LogP contribution in [0.4, 0.5) is 0 Å². The Morgan fingerprint density at radius 3 is 2.39 bits per heavy atom. The molecule has 1 unspecified atom stereocenters. The Labute approximate surface area is 211 Å². The van der Waals surface area contributed by atoms with E-state index in [1.54, 1.807) is 0 Å². The number of aliphatic hydroxyl groups excluding tert-OH is 5. The zero-order chi connectivity index (χ0) is 28.6. The zero-order valence-electron chi connectivity index (χ0n) is 19.0. The number of hydrogen-bond donors (Lipinski definition) is 9. The number of rotatable bonds is 12.